The summed E-state index contributed by atoms with van der Waals surface area (Å²) in [6.45, 7) is 4.27. The summed E-state index contributed by atoms with van der Waals surface area (Å²) < 4.78 is 26.9. The van der Waals surface area contributed by atoms with Crippen LogP contribution in [0.4, 0.5) is 8.78 Å². The second-order valence-electron chi connectivity index (χ2n) is 4.80. The molecule has 2 rings (SSSR count). The molecule has 0 spiro atoms. The van der Waals surface area contributed by atoms with Crippen LogP contribution in [-0.4, -0.2) is 4.98 Å². The first-order valence-electron chi connectivity index (χ1n) is 6.63. The zero-order chi connectivity index (χ0) is 13.1. The molecule has 0 bridgehead atoms. The molecule has 1 aromatic carbocycles. The minimum atomic E-state index is -0.512. The third-order valence-corrected chi connectivity index (χ3v) is 3.58. The number of unbranched alkanes of at least 4 members (excludes halogenated alkanes) is 1. The van der Waals surface area contributed by atoms with E-state index in [1.54, 1.807) is 0 Å². The maximum Gasteiger partial charge on any atom is 0.150 e. The Hall–Kier alpha value is -1.38. The van der Waals surface area contributed by atoms with E-state index in [2.05, 4.69) is 18.8 Å². The number of hydrogen-bond donors (Lipinski definition) is 1. The summed E-state index contributed by atoms with van der Waals surface area (Å²) in [5.41, 5.74) is 1.46. The van der Waals surface area contributed by atoms with Gasteiger partial charge in [-0.25, -0.2) is 8.78 Å². The molecule has 98 valence electrons. The molecular formula is C15H19F2N. The van der Waals surface area contributed by atoms with Crippen LogP contribution in [0.25, 0.3) is 10.9 Å². The van der Waals surface area contributed by atoms with Gasteiger partial charge in [0.25, 0.3) is 0 Å². The number of hydrogen-bond acceptors (Lipinski definition) is 0. The van der Waals surface area contributed by atoms with Crippen LogP contribution in [0, 0.1) is 11.6 Å². The van der Waals surface area contributed by atoms with Gasteiger partial charge in [-0.2, -0.15) is 0 Å². The molecule has 0 amide bonds. The molecule has 0 radical (unpaired) electrons. The fourth-order valence-electron chi connectivity index (χ4n) is 2.54. The number of aromatic nitrogens is 1. The Bertz CT molecular complexity index is 531. The molecule has 0 saturated carbocycles. The maximum absolute atomic E-state index is 13.6. The average molecular weight is 251 g/mol. The van der Waals surface area contributed by atoms with E-state index in [9.17, 15) is 8.78 Å². The van der Waals surface area contributed by atoms with Crippen molar-refractivity contribution < 1.29 is 8.78 Å². The average Bonchev–Trinajstić information content (AvgIpc) is 2.74. The number of rotatable bonds is 5. The summed E-state index contributed by atoms with van der Waals surface area (Å²) in [6.07, 6.45) is 6.17. The van der Waals surface area contributed by atoms with Crippen LogP contribution < -0.4 is 0 Å². The van der Waals surface area contributed by atoms with E-state index in [4.69, 9.17) is 0 Å². The predicted molar refractivity (Wildman–Crippen MR) is 70.8 cm³/mol. The van der Waals surface area contributed by atoms with Crippen LogP contribution in [-0.2, 0) is 0 Å². The van der Waals surface area contributed by atoms with Crippen molar-refractivity contribution >= 4 is 10.9 Å². The first-order chi connectivity index (χ1) is 8.67. The van der Waals surface area contributed by atoms with Crippen LogP contribution in [0.3, 0.4) is 0 Å². The third-order valence-electron chi connectivity index (χ3n) is 3.58. The van der Waals surface area contributed by atoms with Crippen molar-refractivity contribution in [2.75, 3.05) is 0 Å². The Labute approximate surface area is 106 Å². The normalized spacial score (nSPS) is 13.1. The van der Waals surface area contributed by atoms with Crippen LogP contribution >= 0.6 is 0 Å². The van der Waals surface area contributed by atoms with Gasteiger partial charge in [-0.3, -0.25) is 0 Å². The van der Waals surface area contributed by atoms with E-state index in [1.165, 1.54) is 6.07 Å². The molecule has 0 saturated heterocycles. The van der Waals surface area contributed by atoms with Crippen LogP contribution in [0.1, 0.15) is 51.0 Å². The van der Waals surface area contributed by atoms with Gasteiger partial charge in [-0.1, -0.05) is 26.7 Å². The molecular weight excluding hydrogens is 232 g/mol. The van der Waals surface area contributed by atoms with Gasteiger partial charge in [-0.15, -0.1) is 0 Å². The van der Waals surface area contributed by atoms with Crippen molar-refractivity contribution in [3.63, 3.8) is 0 Å². The first-order valence-corrected chi connectivity index (χ1v) is 6.63. The quantitative estimate of drug-likeness (QED) is 0.758. The molecule has 1 N–H and O–H groups in total. The Balaban J connectivity index is 2.43. The van der Waals surface area contributed by atoms with Gasteiger partial charge in [0.05, 0.1) is 5.52 Å². The van der Waals surface area contributed by atoms with E-state index < -0.39 is 11.6 Å². The van der Waals surface area contributed by atoms with E-state index in [-0.39, 0.29) is 0 Å². The SMILES string of the molecule is CCCCC(CC)c1c[nH]c2c(F)cc(F)cc12. The molecule has 1 atom stereocenters. The largest absolute Gasteiger partial charge is 0.359 e. The van der Waals surface area contributed by atoms with Gasteiger partial charge in [0.2, 0.25) is 0 Å². The molecule has 1 aromatic heterocycles. The van der Waals surface area contributed by atoms with Gasteiger partial charge in [-0.05, 0) is 30.4 Å². The van der Waals surface area contributed by atoms with E-state index >= 15 is 0 Å². The van der Waals surface area contributed by atoms with Gasteiger partial charge in [0.1, 0.15) is 11.6 Å². The number of nitrogens with one attached hydrogen (secondary N) is 1. The Kier molecular flexibility index (Phi) is 4.00. The van der Waals surface area contributed by atoms with Gasteiger partial charge in [0, 0.05) is 17.6 Å². The zero-order valence-electron chi connectivity index (χ0n) is 10.9. The Morgan fingerprint density at radius 1 is 1.22 bits per heavy atom. The molecule has 1 unspecified atom stereocenters. The third kappa shape index (κ3) is 2.40. The lowest BCUT2D eigenvalue weighted by Crippen LogP contribution is -1.96. The molecule has 0 fully saturated rings. The number of halogens is 2. The molecule has 1 heterocycles. The lowest BCUT2D eigenvalue weighted by molar-refractivity contribution is 0.571. The number of aromatic amines is 1. The summed E-state index contributed by atoms with van der Waals surface area (Å²) >= 11 is 0. The summed E-state index contributed by atoms with van der Waals surface area (Å²) in [5.74, 6) is -0.646. The summed E-state index contributed by atoms with van der Waals surface area (Å²) in [6, 6.07) is 2.36. The molecule has 1 nitrogen and oxygen atoms in total. The van der Waals surface area contributed by atoms with Crippen molar-refractivity contribution in [3.05, 3.63) is 35.5 Å². The van der Waals surface area contributed by atoms with Crippen molar-refractivity contribution in [3.8, 4) is 0 Å². The smallest absolute Gasteiger partial charge is 0.150 e. The van der Waals surface area contributed by atoms with Gasteiger partial charge < -0.3 is 4.98 Å². The fraction of sp³-hybridized carbons (Fsp3) is 0.467. The minimum absolute atomic E-state index is 0.375. The van der Waals surface area contributed by atoms with Crippen molar-refractivity contribution in [1.29, 1.82) is 0 Å². The standard InChI is InChI=1S/C15H19F2N/c1-3-5-6-10(4-2)13-9-18-15-12(13)7-11(16)8-14(15)17/h7-10,18H,3-6H2,1-2H3. The molecule has 3 heteroatoms. The highest BCUT2D eigenvalue weighted by molar-refractivity contribution is 5.84. The molecule has 18 heavy (non-hydrogen) atoms. The lowest BCUT2D eigenvalue weighted by Gasteiger charge is -2.13. The highest BCUT2D eigenvalue weighted by Crippen LogP contribution is 2.32. The summed E-state index contributed by atoms with van der Waals surface area (Å²) in [7, 11) is 0. The van der Waals surface area contributed by atoms with E-state index in [1.807, 2.05) is 6.20 Å². The van der Waals surface area contributed by atoms with Crippen molar-refractivity contribution in [2.24, 2.45) is 0 Å². The van der Waals surface area contributed by atoms with Crippen LogP contribution in [0.5, 0.6) is 0 Å². The van der Waals surface area contributed by atoms with E-state index in [0.29, 0.717) is 16.8 Å². The van der Waals surface area contributed by atoms with E-state index in [0.717, 1.165) is 37.3 Å². The second-order valence-corrected chi connectivity index (χ2v) is 4.80. The molecule has 0 aliphatic heterocycles. The van der Waals surface area contributed by atoms with Crippen LogP contribution in [0.2, 0.25) is 0 Å². The number of fused-ring (bicyclic) bond motifs is 1. The monoisotopic (exact) mass is 251 g/mol. The van der Waals surface area contributed by atoms with Gasteiger partial charge in [0.15, 0.2) is 0 Å². The predicted octanol–water partition coefficient (Wildman–Crippen LogP) is 5.13. The number of H-pyrrole nitrogens is 1. The Morgan fingerprint density at radius 3 is 2.67 bits per heavy atom. The fourth-order valence-corrected chi connectivity index (χ4v) is 2.54. The summed E-state index contributed by atoms with van der Waals surface area (Å²) in [5, 5.41) is 0.690. The Morgan fingerprint density at radius 2 is 2.00 bits per heavy atom. The second kappa shape index (κ2) is 5.51. The van der Waals surface area contributed by atoms with Crippen molar-refractivity contribution in [2.45, 2.75) is 45.4 Å². The topological polar surface area (TPSA) is 15.8 Å². The van der Waals surface area contributed by atoms with Crippen molar-refractivity contribution in [1.82, 2.24) is 4.98 Å². The maximum atomic E-state index is 13.6. The zero-order valence-corrected chi connectivity index (χ0v) is 10.9. The highest BCUT2D eigenvalue weighted by atomic mass is 19.1. The van der Waals surface area contributed by atoms with Gasteiger partial charge >= 0.3 is 0 Å². The highest BCUT2D eigenvalue weighted by Gasteiger charge is 2.16. The first kappa shape index (κ1) is 13.1. The number of benzene rings is 1. The molecule has 0 aliphatic carbocycles. The van der Waals surface area contributed by atoms with Crippen LogP contribution in [0.15, 0.2) is 18.3 Å². The lowest BCUT2D eigenvalue weighted by atomic mass is 9.91. The minimum Gasteiger partial charge on any atom is -0.359 e. The summed E-state index contributed by atoms with van der Waals surface area (Å²) in [4.78, 5) is 2.93. The molecule has 2 aromatic rings. The molecule has 0 aliphatic rings.